The molecule has 2 aromatic rings. The fourth-order valence-electron chi connectivity index (χ4n) is 4.45. The van der Waals surface area contributed by atoms with Crippen molar-refractivity contribution >= 4 is 35.9 Å². The van der Waals surface area contributed by atoms with Crippen LogP contribution in [-0.4, -0.2) is 99.0 Å². The molecule has 3 N–H and O–H groups in total. The van der Waals surface area contributed by atoms with Crippen molar-refractivity contribution in [1.29, 1.82) is 0 Å². The molecule has 1 aromatic heterocycles. The lowest BCUT2D eigenvalue weighted by atomic mass is 9.97. The number of pyridine rings is 1. The summed E-state index contributed by atoms with van der Waals surface area (Å²) < 4.78 is 111. The number of hydrogen-bond acceptors (Lipinski definition) is 9. The van der Waals surface area contributed by atoms with E-state index in [1.54, 1.807) is 6.07 Å². The molecule has 2 saturated heterocycles. The fraction of sp³-hybridized carbons (Fsp3) is 0.478. The Morgan fingerprint density at radius 1 is 1.07 bits per heavy atom. The standard InChI is InChI=1S/C21H28N4O6S3.C2HF3O2/c22-14-17-6-7-23-21(12-17)33(28,29)16-20-13-19(18-4-2-1-3-5-18)15-25(20)34(30,31)24-8-10-32(26,27)11-9-24;3-2(4,5)1(6)7/h1-7,12,19-20H,8-11,13-16,22H2;(H,6,7). The zero-order valence-corrected chi connectivity index (χ0v) is 24.0. The van der Waals surface area contributed by atoms with Gasteiger partial charge in [-0.05, 0) is 35.6 Å². The quantitative estimate of drug-likeness (QED) is 0.437. The van der Waals surface area contributed by atoms with E-state index in [4.69, 9.17) is 15.6 Å². The van der Waals surface area contributed by atoms with Gasteiger partial charge in [-0.15, -0.1) is 0 Å². The van der Waals surface area contributed by atoms with Crippen LogP contribution in [-0.2, 0) is 41.2 Å². The maximum absolute atomic E-state index is 13.5. The number of rotatable bonds is 7. The van der Waals surface area contributed by atoms with Crippen LogP contribution in [0.1, 0.15) is 23.5 Å². The number of sulfone groups is 2. The Bertz CT molecular complexity index is 1540. The van der Waals surface area contributed by atoms with E-state index in [1.807, 2.05) is 30.3 Å². The number of benzene rings is 1. The largest absolute Gasteiger partial charge is 0.490 e. The van der Waals surface area contributed by atoms with Crippen LogP contribution in [0.2, 0.25) is 0 Å². The molecule has 0 radical (unpaired) electrons. The summed E-state index contributed by atoms with van der Waals surface area (Å²) in [5.74, 6) is -3.87. The zero-order chi connectivity index (χ0) is 30.6. The van der Waals surface area contributed by atoms with E-state index in [9.17, 15) is 38.4 Å². The van der Waals surface area contributed by atoms with Crippen molar-refractivity contribution in [3.8, 4) is 0 Å². The first kappa shape index (κ1) is 32.9. The summed E-state index contributed by atoms with van der Waals surface area (Å²) in [5.41, 5.74) is 7.17. The molecule has 18 heteroatoms. The minimum atomic E-state index is -5.08. The monoisotopic (exact) mass is 642 g/mol. The highest BCUT2D eigenvalue weighted by Crippen LogP contribution is 2.36. The van der Waals surface area contributed by atoms with Crippen molar-refractivity contribution in [2.75, 3.05) is 36.9 Å². The number of carbonyl (C=O) groups is 1. The molecule has 2 aliphatic heterocycles. The topological polar surface area (TPSA) is 185 Å². The van der Waals surface area contributed by atoms with Crippen LogP contribution >= 0.6 is 0 Å². The van der Waals surface area contributed by atoms with E-state index in [0.29, 0.717) is 12.0 Å². The second kappa shape index (κ2) is 12.7. The molecule has 12 nitrogen and oxygen atoms in total. The maximum atomic E-state index is 13.5. The molecule has 0 saturated carbocycles. The van der Waals surface area contributed by atoms with Gasteiger partial charge in [0.2, 0.25) is 0 Å². The van der Waals surface area contributed by atoms with E-state index < -0.39 is 53.8 Å². The second-order valence-electron chi connectivity index (χ2n) is 9.42. The molecule has 0 bridgehead atoms. The molecule has 2 fully saturated rings. The molecule has 3 heterocycles. The van der Waals surface area contributed by atoms with E-state index in [-0.39, 0.29) is 48.6 Å². The van der Waals surface area contributed by atoms with Crippen LogP contribution in [0, 0.1) is 0 Å². The molecule has 0 aliphatic carbocycles. The maximum Gasteiger partial charge on any atom is 0.490 e. The summed E-state index contributed by atoms with van der Waals surface area (Å²) in [5, 5.41) is 6.99. The summed E-state index contributed by atoms with van der Waals surface area (Å²) in [7, 11) is -11.3. The van der Waals surface area contributed by atoms with Crippen LogP contribution in [0.5, 0.6) is 0 Å². The number of carboxylic acids is 1. The number of carboxylic acid groups (broad SMARTS) is 1. The molecule has 2 unspecified atom stereocenters. The number of halogens is 3. The van der Waals surface area contributed by atoms with Gasteiger partial charge < -0.3 is 10.8 Å². The third-order valence-corrected chi connectivity index (χ3v) is 11.9. The van der Waals surface area contributed by atoms with Crippen molar-refractivity contribution in [3.63, 3.8) is 0 Å². The second-order valence-corrected chi connectivity index (χ2v) is 15.6. The smallest absolute Gasteiger partial charge is 0.475 e. The van der Waals surface area contributed by atoms with E-state index in [0.717, 1.165) is 9.87 Å². The first-order chi connectivity index (χ1) is 19.0. The number of aliphatic carboxylic acids is 1. The van der Waals surface area contributed by atoms with Crippen molar-refractivity contribution in [3.05, 3.63) is 59.8 Å². The Hall–Kier alpha value is -2.64. The predicted octanol–water partition coefficient (Wildman–Crippen LogP) is 0.781. The number of hydrogen-bond donors (Lipinski definition) is 2. The Morgan fingerprint density at radius 2 is 1.66 bits per heavy atom. The first-order valence-corrected chi connectivity index (χ1v) is 17.0. The highest BCUT2D eigenvalue weighted by atomic mass is 32.2. The summed E-state index contributed by atoms with van der Waals surface area (Å²) in [6.45, 7) is -0.0115. The van der Waals surface area contributed by atoms with E-state index in [1.165, 1.54) is 16.6 Å². The van der Waals surface area contributed by atoms with Gasteiger partial charge >= 0.3 is 12.1 Å². The lowest BCUT2D eigenvalue weighted by molar-refractivity contribution is -0.192. The Labute approximate surface area is 236 Å². The average molecular weight is 643 g/mol. The van der Waals surface area contributed by atoms with E-state index in [2.05, 4.69) is 4.98 Å². The van der Waals surface area contributed by atoms with Crippen LogP contribution in [0.4, 0.5) is 13.2 Å². The molecular formula is C23H29F3N4O8S3. The SMILES string of the molecule is NCc1ccnc(S(=O)(=O)CC2CC(c3ccccc3)CN2S(=O)(=O)N2CCS(=O)(=O)CC2)c1.O=C(O)C(F)(F)F. The number of aromatic nitrogens is 1. The Morgan fingerprint density at radius 3 is 2.20 bits per heavy atom. The highest BCUT2D eigenvalue weighted by molar-refractivity contribution is 7.92. The summed E-state index contributed by atoms with van der Waals surface area (Å²) in [6, 6.07) is 11.6. The highest BCUT2D eigenvalue weighted by Gasteiger charge is 2.45. The van der Waals surface area contributed by atoms with Gasteiger partial charge in [-0.1, -0.05) is 30.3 Å². The third kappa shape index (κ3) is 8.45. The molecule has 4 rings (SSSR count). The Kier molecular flexibility index (Phi) is 10.2. The van der Waals surface area contributed by atoms with Crippen molar-refractivity contribution < 1.29 is 48.3 Å². The number of alkyl halides is 3. The van der Waals surface area contributed by atoms with Gasteiger partial charge in [-0.2, -0.15) is 30.2 Å². The van der Waals surface area contributed by atoms with Crippen molar-refractivity contribution in [2.45, 2.75) is 36.1 Å². The zero-order valence-electron chi connectivity index (χ0n) is 21.5. The van der Waals surface area contributed by atoms with Gasteiger partial charge in [-0.25, -0.2) is 26.6 Å². The molecule has 228 valence electrons. The molecule has 41 heavy (non-hydrogen) atoms. The number of nitrogens with zero attached hydrogens (tertiary/aromatic N) is 3. The normalized spacial score (nSPS) is 22.0. The average Bonchev–Trinajstić information content (AvgIpc) is 3.33. The minimum absolute atomic E-state index is 0.117. The van der Waals surface area contributed by atoms with Gasteiger partial charge in [0.1, 0.15) is 0 Å². The van der Waals surface area contributed by atoms with Gasteiger partial charge in [0.25, 0.3) is 10.2 Å². The Balaban J connectivity index is 0.000000587. The van der Waals surface area contributed by atoms with Crippen LogP contribution in [0.3, 0.4) is 0 Å². The molecule has 0 amide bonds. The van der Waals surface area contributed by atoms with Crippen molar-refractivity contribution in [1.82, 2.24) is 13.6 Å². The summed E-state index contributed by atoms with van der Waals surface area (Å²) in [4.78, 5) is 12.9. The van der Waals surface area contributed by atoms with Gasteiger partial charge in [0.15, 0.2) is 24.7 Å². The molecular weight excluding hydrogens is 613 g/mol. The van der Waals surface area contributed by atoms with Gasteiger partial charge in [-0.3, -0.25) is 0 Å². The van der Waals surface area contributed by atoms with E-state index >= 15 is 0 Å². The minimum Gasteiger partial charge on any atom is -0.475 e. The lowest BCUT2D eigenvalue weighted by Gasteiger charge is -2.32. The van der Waals surface area contributed by atoms with Crippen molar-refractivity contribution in [2.24, 2.45) is 5.73 Å². The summed E-state index contributed by atoms with van der Waals surface area (Å²) >= 11 is 0. The van der Waals surface area contributed by atoms with Crippen LogP contribution in [0.25, 0.3) is 0 Å². The lowest BCUT2D eigenvalue weighted by Crippen LogP contribution is -2.52. The van der Waals surface area contributed by atoms with Gasteiger partial charge in [0.05, 0.1) is 17.3 Å². The van der Waals surface area contributed by atoms with Crippen LogP contribution in [0.15, 0.2) is 53.7 Å². The molecule has 2 atom stereocenters. The fourth-order valence-corrected chi connectivity index (χ4v) is 9.37. The van der Waals surface area contributed by atoms with Gasteiger partial charge in [0, 0.05) is 38.4 Å². The summed E-state index contributed by atoms with van der Waals surface area (Å²) in [6.07, 6.45) is -3.38. The predicted molar refractivity (Wildman–Crippen MR) is 141 cm³/mol. The molecule has 0 spiro atoms. The van der Waals surface area contributed by atoms with Crippen LogP contribution < -0.4 is 5.73 Å². The molecule has 1 aromatic carbocycles. The molecule has 2 aliphatic rings. The first-order valence-electron chi connectivity index (χ1n) is 12.2. The number of nitrogens with two attached hydrogens (primary N) is 1. The third-order valence-electron chi connectivity index (χ3n) is 6.57.